The highest BCUT2D eigenvalue weighted by Gasteiger charge is 2.21. The number of nitrogens with zero attached hydrogens (tertiary/aromatic N) is 1. The van der Waals surface area contributed by atoms with Gasteiger partial charge in [-0.2, -0.15) is 0 Å². The predicted molar refractivity (Wildman–Crippen MR) is 89.2 cm³/mol. The summed E-state index contributed by atoms with van der Waals surface area (Å²) in [7, 11) is -3.33. The first-order valence-electron chi connectivity index (χ1n) is 7.31. The van der Waals surface area contributed by atoms with Crippen LogP contribution < -0.4 is 0 Å². The maximum Gasteiger partial charge on any atom is 0.177 e. The molecule has 0 fully saturated rings. The molecule has 124 valence electrons. The van der Waals surface area contributed by atoms with Gasteiger partial charge in [-0.1, -0.05) is 24.3 Å². The third kappa shape index (κ3) is 3.28. The lowest BCUT2D eigenvalue weighted by molar-refractivity contribution is 0.455. The molecule has 6 heteroatoms. The molecular weight excluding hydrogens is 332 g/mol. The SMILES string of the molecule is CS(=O)(=O)c1ccc(C2=CC(CF)C=C2c2ccc(F)cc2)nc1. The van der Waals surface area contributed by atoms with Gasteiger partial charge in [0.1, 0.15) is 5.82 Å². The van der Waals surface area contributed by atoms with E-state index >= 15 is 0 Å². The van der Waals surface area contributed by atoms with Crippen LogP contribution in [0.15, 0.2) is 59.6 Å². The van der Waals surface area contributed by atoms with E-state index < -0.39 is 16.5 Å². The highest BCUT2D eigenvalue weighted by atomic mass is 32.2. The maximum absolute atomic E-state index is 13.1. The zero-order chi connectivity index (χ0) is 17.3. The van der Waals surface area contributed by atoms with Gasteiger partial charge in [0.05, 0.1) is 17.3 Å². The highest BCUT2D eigenvalue weighted by Crippen LogP contribution is 2.38. The summed E-state index contributed by atoms with van der Waals surface area (Å²) in [5.74, 6) is -0.725. The molecule has 0 bridgehead atoms. The molecule has 1 atom stereocenters. The van der Waals surface area contributed by atoms with Crippen molar-refractivity contribution in [3.8, 4) is 0 Å². The average Bonchev–Trinajstić information content (AvgIpc) is 2.99. The normalized spacial score (nSPS) is 17.5. The van der Waals surface area contributed by atoms with E-state index in [1.54, 1.807) is 30.4 Å². The van der Waals surface area contributed by atoms with E-state index in [2.05, 4.69) is 4.98 Å². The van der Waals surface area contributed by atoms with Crippen LogP contribution in [0.2, 0.25) is 0 Å². The van der Waals surface area contributed by atoms with Crippen molar-refractivity contribution in [2.75, 3.05) is 12.9 Å². The van der Waals surface area contributed by atoms with Gasteiger partial charge in [0.2, 0.25) is 0 Å². The largest absolute Gasteiger partial charge is 0.255 e. The number of halogens is 2. The van der Waals surface area contributed by atoms with Gasteiger partial charge < -0.3 is 0 Å². The van der Waals surface area contributed by atoms with Crippen LogP contribution in [0.25, 0.3) is 11.1 Å². The van der Waals surface area contributed by atoms with Crippen molar-refractivity contribution in [1.82, 2.24) is 4.98 Å². The molecule has 1 aromatic heterocycles. The number of hydrogen-bond donors (Lipinski definition) is 0. The number of hydrogen-bond acceptors (Lipinski definition) is 3. The Balaban J connectivity index is 2.01. The van der Waals surface area contributed by atoms with Gasteiger partial charge in [-0.25, -0.2) is 12.8 Å². The van der Waals surface area contributed by atoms with Crippen LogP contribution in [0.5, 0.6) is 0 Å². The standard InChI is InChI=1S/C18H15F2NO2S/c1-24(22,23)15-6-7-18(21-11-15)17-9-12(10-19)8-16(17)13-2-4-14(20)5-3-13/h2-9,11-12H,10H2,1H3. The lowest BCUT2D eigenvalue weighted by Crippen LogP contribution is -1.99. The third-order valence-corrected chi connectivity index (χ3v) is 4.92. The van der Waals surface area contributed by atoms with Crippen LogP contribution in [-0.4, -0.2) is 26.3 Å². The quantitative estimate of drug-likeness (QED) is 0.847. The Morgan fingerprint density at radius 3 is 2.25 bits per heavy atom. The Morgan fingerprint density at radius 2 is 1.71 bits per heavy atom. The van der Waals surface area contributed by atoms with Gasteiger partial charge in [-0.3, -0.25) is 9.37 Å². The number of sulfone groups is 1. The Labute approximate surface area is 139 Å². The van der Waals surface area contributed by atoms with Crippen molar-refractivity contribution in [3.05, 3.63) is 71.8 Å². The van der Waals surface area contributed by atoms with Gasteiger partial charge in [0, 0.05) is 23.9 Å². The minimum absolute atomic E-state index is 0.124. The van der Waals surface area contributed by atoms with Crippen molar-refractivity contribution >= 4 is 21.0 Å². The summed E-state index contributed by atoms with van der Waals surface area (Å²) >= 11 is 0. The zero-order valence-corrected chi connectivity index (χ0v) is 13.7. The third-order valence-electron chi connectivity index (χ3n) is 3.83. The monoisotopic (exact) mass is 347 g/mol. The molecule has 1 unspecified atom stereocenters. The molecule has 0 spiro atoms. The average molecular weight is 347 g/mol. The maximum atomic E-state index is 13.1. The van der Waals surface area contributed by atoms with Crippen LogP contribution in [0, 0.1) is 11.7 Å². The first kappa shape index (κ1) is 16.5. The second-order valence-corrected chi connectivity index (χ2v) is 7.65. The van der Waals surface area contributed by atoms with Gasteiger partial charge in [-0.05, 0) is 35.4 Å². The highest BCUT2D eigenvalue weighted by molar-refractivity contribution is 7.90. The van der Waals surface area contributed by atoms with Crippen molar-refractivity contribution < 1.29 is 17.2 Å². The van der Waals surface area contributed by atoms with E-state index in [1.807, 2.05) is 0 Å². The van der Waals surface area contributed by atoms with Crippen molar-refractivity contribution in [2.45, 2.75) is 4.90 Å². The fourth-order valence-electron chi connectivity index (χ4n) is 2.61. The Kier molecular flexibility index (Phi) is 4.32. The molecule has 0 amide bonds. The number of alkyl halides is 1. The molecule has 1 aromatic carbocycles. The summed E-state index contributed by atoms with van der Waals surface area (Å²) < 4.78 is 49.3. The molecule has 3 nitrogen and oxygen atoms in total. The van der Waals surface area contributed by atoms with Crippen LogP contribution in [-0.2, 0) is 9.84 Å². The molecule has 0 saturated carbocycles. The van der Waals surface area contributed by atoms with Gasteiger partial charge in [0.15, 0.2) is 9.84 Å². The summed E-state index contributed by atoms with van der Waals surface area (Å²) in [6, 6.07) is 9.01. The van der Waals surface area contributed by atoms with Crippen LogP contribution in [0.4, 0.5) is 8.78 Å². The van der Waals surface area contributed by atoms with E-state index in [0.717, 1.165) is 17.4 Å². The van der Waals surface area contributed by atoms with E-state index in [9.17, 15) is 17.2 Å². The molecule has 3 rings (SSSR count). The van der Waals surface area contributed by atoms with Gasteiger partial charge in [-0.15, -0.1) is 0 Å². The van der Waals surface area contributed by atoms with E-state index in [-0.39, 0.29) is 16.6 Å². The number of rotatable bonds is 4. The first-order valence-corrected chi connectivity index (χ1v) is 9.20. The summed E-state index contributed by atoms with van der Waals surface area (Å²) in [5, 5.41) is 0. The second-order valence-electron chi connectivity index (χ2n) is 5.64. The van der Waals surface area contributed by atoms with E-state index in [4.69, 9.17) is 0 Å². The number of benzene rings is 1. The number of pyridine rings is 1. The van der Waals surface area contributed by atoms with E-state index in [0.29, 0.717) is 11.3 Å². The molecule has 0 radical (unpaired) electrons. The fraction of sp³-hybridized carbons (Fsp3) is 0.167. The Hall–Kier alpha value is -2.34. The fourth-order valence-corrected chi connectivity index (χ4v) is 3.17. The molecule has 2 aromatic rings. The lowest BCUT2D eigenvalue weighted by Gasteiger charge is -2.09. The summed E-state index contributed by atoms with van der Waals surface area (Å²) in [5.41, 5.74) is 2.78. The van der Waals surface area contributed by atoms with Crippen LogP contribution in [0.1, 0.15) is 11.3 Å². The molecule has 0 N–H and O–H groups in total. The van der Waals surface area contributed by atoms with Crippen LogP contribution >= 0.6 is 0 Å². The lowest BCUT2D eigenvalue weighted by atomic mass is 9.98. The molecule has 24 heavy (non-hydrogen) atoms. The second kappa shape index (κ2) is 6.28. The molecule has 0 saturated heterocycles. The molecule has 1 aliphatic carbocycles. The molecule has 1 heterocycles. The van der Waals surface area contributed by atoms with Gasteiger partial charge in [0.25, 0.3) is 0 Å². The van der Waals surface area contributed by atoms with Crippen molar-refractivity contribution in [1.29, 1.82) is 0 Å². The van der Waals surface area contributed by atoms with Crippen molar-refractivity contribution in [2.24, 2.45) is 5.92 Å². The topological polar surface area (TPSA) is 47.0 Å². The Bertz CT molecular complexity index is 914. The zero-order valence-electron chi connectivity index (χ0n) is 12.9. The molecule has 0 aliphatic heterocycles. The summed E-state index contributed by atoms with van der Waals surface area (Å²) in [4.78, 5) is 4.33. The molecular formula is C18H15F2NO2S. The van der Waals surface area contributed by atoms with Crippen molar-refractivity contribution in [3.63, 3.8) is 0 Å². The number of aromatic nitrogens is 1. The van der Waals surface area contributed by atoms with Crippen LogP contribution in [0.3, 0.4) is 0 Å². The smallest absolute Gasteiger partial charge is 0.177 e. The first-order chi connectivity index (χ1) is 11.4. The minimum atomic E-state index is -3.33. The predicted octanol–water partition coefficient (Wildman–Crippen LogP) is 3.69. The summed E-state index contributed by atoms with van der Waals surface area (Å²) in [6.45, 7) is -0.546. The van der Waals surface area contributed by atoms with E-state index in [1.165, 1.54) is 24.4 Å². The summed E-state index contributed by atoms with van der Waals surface area (Å²) in [6.07, 6.45) is 5.92. The minimum Gasteiger partial charge on any atom is -0.255 e. The van der Waals surface area contributed by atoms with Gasteiger partial charge >= 0.3 is 0 Å². The number of allylic oxidation sites excluding steroid dienone is 4. The molecule has 1 aliphatic rings. The Morgan fingerprint density at radius 1 is 1.04 bits per heavy atom.